The lowest BCUT2D eigenvalue weighted by Gasteiger charge is -2.33. The average Bonchev–Trinajstić information content (AvgIpc) is 3.22. The van der Waals surface area contributed by atoms with Gasteiger partial charge >= 0.3 is 0 Å². The van der Waals surface area contributed by atoms with Gasteiger partial charge in [-0.3, -0.25) is 4.79 Å². The van der Waals surface area contributed by atoms with E-state index >= 15 is 0 Å². The molecule has 0 aliphatic carbocycles. The lowest BCUT2D eigenvalue weighted by Crippen LogP contribution is -2.41. The van der Waals surface area contributed by atoms with Crippen LogP contribution >= 0.6 is 11.8 Å². The van der Waals surface area contributed by atoms with E-state index in [1.807, 2.05) is 67.1 Å². The second-order valence-corrected chi connectivity index (χ2v) is 8.06. The lowest BCUT2D eigenvalue weighted by atomic mass is 10.0. The Morgan fingerprint density at radius 1 is 1.10 bits per heavy atom. The fourth-order valence-corrected chi connectivity index (χ4v) is 4.50. The summed E-state index contributed by atoms with van der Waals surface area (Å²) in [6.45, 7) is 4.56. The Morgan fingerprint density at radius 2 is 1.81 bits per heavy atom. The summed E-state index contributed by atoms with van der Waals surface area (Å²) in [7, 11) is 1.63. The third-order valence-corrected chi connectivity index (χ3v) is 6.20. The summed E-state index contributed by atoms with van der Waals surface area (Å²) < 4.78 is 12.6. The largest absolute Gasteiger partial charge is 0.497 e. The quantitative estimate of drug-likeness (QED) is 0.581. The van der Waals surface area contributed by atoms with Gasteiger partial charge in [-0.2, -0.15) is 0 Å². The van der Waals surface area contributed by atoms with Crippen molar-refractivity contribution in [2.24, 2.45) is 0 Å². The second kappa shape index (κ2) is 9.30. The van der Waals surface area contributed by atoms with E-state index in [0.29, 0.717) is 17.5 Å². The molecular weight excluding hydrogens is 414 g/mol. The molecule has 4 rings (SSSR count). The van der Waals surface area contributed by atoms with Gasteiger partial charge in [0.2, 0.25) is 11.1 Å². The van der Waals surface area contributed by atoms with Crippen LogP contribution in [0.25, 0.3) is 0 Å². The molecule has 0 bridgehead atoms. The number of nitrogens with zero attached hydrogens (tertiary/aromatic N) is 3. The summed E-state index contributed by atoms with van der Waals surface area (Å²) >= 11 is 1.40. The molecule has 2 heterocycles. The summed E-state index contributed by atoms with van der Waals surface area (Å²) in [5.41, 5.74) is 5.13. The Kier molecular flexibility index (Phi) is 6.31. The highest BCUT2D eigenvalue weighted by Crippen LogP contribution is 2.38. The molecule has 1 aliphatic heterocycles. The maximum atomic E-state index is 13.3. The van der Waals surface area contributed by atoms with Gasteiger partial charge in [-0.1, -0.05) is 30.8 Å². The van der Waals surface area contributed by atoms with Gasteiger partial charge in [-0.05, 0) is 48.9 Å². The van der Waals surface area contributed by atoms with Crippen molar-refractivity contribution >= 4 is 23.4 Å². The molecule has 0 radical (unpaired) electrons. The number of hydrogen-bond acceptors (Lipinski definition) is 7. The van der Waals surface area contributed by atoms with Crippen LogP contribution in [-0.2, 0) is 11.2 Å². The van der Waals surface area contributed by atoms with Crippen LogP contribution in [0, 0.1) is 0 Å². The first-order valence-corrected chi connectivity index (χ1v) is 11.1. The van der Waals surface area contributed by atoms with E-state index in [1.54, 1.807) is 7.11 Å². The van der Waals surface area contributed by atoms with Crippen LogP contribution < -0.4 is 20.2 Å². The zero-order valence-electron chi connectivity index (χ0n) is 17.7. The molecule has 0 unspecified atom stereocenters. The summed E-state index contributed by atoms with van der Waals surface area (Å²) in [4.78, 5) is 13.3. The molecule has 8 nitrogen and oxygen atoms in total. The molecule has 31 heavy (non-hydrogen) atoms. The molecule has 1 aliphatic rings. The Balaban J connectivity index is 1.60. The van der Waals surface area contributed by atoms with Gasteiger partial charge in [0.1, 0.15) is 16.7 Å². The van der Waals surface area contributed by atoms with Gasteiger partial charge in [0.15, 0.2) is 5.82 Å². The van der Waals surface area contributed by atoms with Crippen LogP contribution in [0.1, 0.15) is 31.3 Å². The van der Waals surface area contributed by atoms with Crippen LogP contribution in [0.4, 0.5) is 5.69 Å². The highest BCUT2D eigenvalue weighted by Gasteiger charge is 2.37. The highest BCUT2D eigenvalue weighted by atomic mass is 32.2. The van der Waals surface area contributed by atoms with E-state index in [1.165, 1.54) is 11.8 Å². The number of carbonyl (C=O) groups excluding carboxylic acids is 1. The number of fused-ring (bicyclic) bond motifs is 1. The maximum Gasteiger partial charge on any atom is 0.240 e. The molecule has 1 amide bonds. The number of aryl methyl sites for hydroxylation is 1. The molecule has 0 saturated heterocycles. The Morgan fingerprint density at radius 3 is 2.45 bits per heavy atom. The van der Waals surface area contributed by atoms with E-state index in [-0.39, 0.29) is 11.9 Å². The summed E-state index contributed by atoms with van der Waals surface area (Å²) in [6, 6.07) is 14.8. The number of thioether (sulfide) groups is 1. The molecule has 1 aromatic heterocycles. The van der Waals surface area contributed by atoms with Gasteiger partial charge < -0.3 is 20.2 Å². The first kappa shape index (κ1) is 21.0. The van der Waals surface area contributed by atoms with Crippen molar-refractivity contribution in [3.63, 3.8) is 0 Å². The molecule has 2 N–H and O–H groups in total. The first-order chi connectivity index (χ1) is 15.1. The summed E-state index contributed by atoms with van der Waals surface area (Å²) in [6.07, 6.45) is 0.735. The molecule has 2 aromatic carbocycles. The predicted octanol–water partition coefficient (Wildman–Crippen LogP) is 3.65. The molecular formula is C22H25N5O3S. The molecule has 9 heteroatoms. The van der Waals surface area contributed by atoms with Crippen LogP contribution in [-0.4, -0.2) is 39.7 Å². The second-order valence-electron chi connectivity index (χ2n) is 6.95. The van der Waals surface area contributed by atoms with Crippen molar-refractivity contribution in [2.45, 2.75) is 36.7 Å². The minimum atomic E-state index is -0.443. The fourth-order valence-electron chi connectivity index (χ4n) is 3.40. The topological polar surface area (TPSA) is 90.3 Å². The van der Waals surface area contributed by atoms with Crippen LogP contribution in [0.15, 0.2) is 53.7 Å². The third-order valence-electron chi connectivity index (χ3n) is 4.99. The van der Waals surface area contributed by atoms with E-state index in [0.717, 1.165) is 29.3 Å². The molecule has 0 spiro atoms. The van der Waals surface area contributed by atoms with Gasteiger partial charge in [-0.25, -0.2) is 4.68 Å². The first-order valence-electron chi connectivity index (χ1n) is 10.2. The maximum absolute atomic E-state index is 13.3. The van der Waals surface area contributed by atoms with Crippen LogP contribution in [0.3, 0.4) is 0 Å². The minimum absolute atomic E-state index is 0.116. The third kappa shape index (κ3) is 4.46. The van der Waals surface area contributed by atoms with Crippen LogP contribution in [0.5, 0.6) is 11.5 Å². The predicted molar refractivity (Wildman–Crippen MR) is 120 cm³/mol. The van der Waals surface area contributed by atoms with Crippen molar-refractivity contribution < 1.29 is 14.3 Å². The summed E-state index contributed by atoms with van der Waals surface area (Å²) in [5.74, 6) is 2.24. The number of ether oxygens (including phenoxy) is 2. The number of benzene rings is 2. The number of methoxy groups -OCH3 is 1. The molecule has 3 aromatic rings. The van der Waals surface area contributed by atoms with Crippen molar-refractivity contribution in [3.05, 3.63) is 59.9 Å². The molecule has 162 valence electrons. The van der Waals surface area contributed by atoms with Crippen molar-refractivity contribution in [2.75, 3.05) is 24.5 Å². The van der Waals surface area contributed by atoms with Crippen molar-refractivity contribution in [1.82, 2.24) is 14.9 Å². The fraction of sp³-hybridized carbons (Fsp3) is 0.318. The Labute approximate surface area is 185 Å². The number of aromatic nitrogens is 3. The van der Waals surface area contributed by atoms with E-state index in [4.69, 9.17) is 9.47 Å². The van der Waals surface area contributed by atoms with Gasteiger partial charge in [0.25, 0.3) is 0 Å². The molecule has 2 atom stereocenters. The average molecular weight is 440 g/mol. The van der Waals surface area contributed by atoms with E-state index < -0.39 is 5.25 Å². The van der Waals surface area contributed by atoms with Crippen molar-refractivity contribution in [1.29, 1.82) is 0 Å². The zero-order chi connectivity index (χ0) is 21.8. The van der Waals surface area contributed by atoms with Crippen LogP contribution in [0.2, 0.25) is 0 Å². The van der Waals surface area contributed by atoms with Gasteiger partial charge in [0, 0.05) is 12.1 Å². The number of amides is 1. The SMILES string of the molecule is CCOc1ccc(NC(=O)[C@@H]2Sc3nnc(CC)n3N[C@H]2c2ccc(OC)cc2)cc1. The molecule has 0 fully saturated rings. The normalized spacial score (nSPS) is 17.4. The number of rotatable bonds is 7. The number of hydrogen-bond donors (Lipinski definition) is 2. The van der Waals surface area contributed by atoms with E-state index in [2.05, 4.69) is 20.9 Å². The lowest BCUT2D eigenvalue weighted by molar-refractivity contribution is -0.116. The number of anilines is 1. The minimum Gasteiger partial charge on any atom is -0.497 e. The van der Waals surface area contributed by atoms with E-state index in [9.17, 15) is 4.79 Å². The molecule has 0 saturated carbocycles. The van der Waals surface area contributed by atoms with Crippen molar-refractivity contribution in [3.8, 4) is 11.5 Å². The monoisotopic (exact) mass is 439 g/mol. The zero-order valence-corrected chi connectivity index (χ0v) is 18.5. The highest BCUT2D eigenvalue weighted by molar-refractivity contribution is 8.00. The summed E-state index contributed by atoms with van der Waals surface area (Å²) in [5, 5.41) is 11.7. The standard InChI is InChI=1S/C22H25N5O3S/c1-4-18-24-25-22-27(18)26-19(14-6-10-16(29-3)11-7-14)20(31-22)21(28)23-15-8-12-17(13-9-15)30-5-2/h6-13,19-20,26H,4-5H2,1-3H3,(H,23,28)/t19-,20+/m0/s1. The Bertz CT molecular complexity index is 1040. The smallest absolute Gasteiger partial charge is 0.240 e. The number of nitrogens with one attached hydrogen (secondary N) is 2. The Hall–Kier alpha value is -3.20. The van der Waals surface area contributed by atoms with Gasteiger partial charge in [0.05, 0.1) is 19.8 Å². The van der Waals surface area contributed by atoms with Gasteiger partial charge in [-0.15, -0.1) is 10.2 Å². The number of carbonyl (C=O) groups is 1.